The van der Waals surface area contributed by atoms with Gasteiger partial charge < -0.3 is 5.32 Å². The molecule has 0 aliphatic heterocycles. The molecule has 0 fully saturated rings. The van der Waals surface area contributed by atoms with E-state index >= 15 is 0 Å². The molecular formula is C16H13ClN2O. The maximum atomic E-state index is 11.7. The summed E-state index contributed by atoms with van der Waals surface area (Å²) in [6.45, 7) is 1.62. The van der Waals surface area contributed by atoms with Gasteiger partial charge in [-0.05, 0) is 42.7 Å². The lowest BCUT2D eigenvalue weighted by molar-refractivity contribution is -0.116. The zero-order valence-electron chi connectivity index (χ0n) is 10.9. The van der Waals surface area contributed by atoms with E-state index in [0.29, 0.717) is 5.02 Å². The second-order valence-electron chi connectivity index (χ2n) is 4.09. The second kappa shape index (κ2) is 6.74. The Balaban J connectivity index is 2.38. The van der Waals surface area contributed by atoms with Crippen molar-refractivity contribution in [2.45, 2.75) is 13.0 Å². The Bertz CT molecular complexity index is 659. The van der Waals surface area contributed by atoms with E-state index in [0.717, 1.165) is 11.3 Å². The molecule has 0 aliphatic carbocycles. The average molecular weight is 285 g/mol. The van der Waals surface area contributed by atoms with Crippen LogP contribution in [-0.2, 0) is 4.79 Å². The largest absolute Gasteiger partial charge is 0.333 e. The number of pyridine rings is 1. The summed E-state index contributed by atoms with van der Waals surface area (Å²) < 4.78 is 0. The lowest BCUT2D eigenvalue weighted by Gasteiger charge is -2.17. The van der Waals surface area contributed by atoms with Crippen LogP contribution in [0.4, 0.5) is 0 Å². The summed E-state index contributed by atoms with van der Waals surface area (Å²) in [4.78, 5) is 16.0. The van der Waals surface area contributed by atoms with Gasteiger partial charge in [-0.1, -0.05) is 35.7 Å². The SMILES string of the molecule is CC#CC(=O)NC(c1cccc(Cl)c1)c1ccccn1. The van der Waals surface area contributed by atoms with Gasteiger partial charge in [0, 0.05) is 11.2 Å². The quantitative estimate of drug-likeness (QED) is 0.881. The maximum absolute atomic E-state index is 11.7. The van der Waals surface area contributed by atoms with Gasteiger partial charge in [-0.15, -0.1) is 0 Å². The van der Waals surface area contributed by atoms with E-state index in [2.05, 4.69) is 22.1 Å². The highest BCUT2D eigenvalue weighted by molar-refractivity contribution is 6.30. The molecule has 1 N–H and O–H groups in total. The van der Waals surface area contributed by atoms with E-state index in [1.807, 2.05) is 30.3 Å². The predicted molar refractivity (Wildman–Crippen MR) is 79.1 cm³/mol. The lowest BCUT2D eigenvalue weighted by atomic mass is 10.0. The van der Waals surface area contributed by atoms with Crippen LogP contribution in [0, 0.1) is 11.8 Å². The molecule has 1 heterocycles. The van der Waals surface area contributed by atoms with Crippen LogP contribution in [0.5, 0.6) is 0 Å². The molecule has 4 heteroatoms. The van der Waals surface area contributed by atoms with Crippen molar-refractivity contribution in [3.8, 4) is 11.8 Å². The van der Waals surface area contributed by atoms with Crippen molar-refractivity contribution in [2.24, 2.45) is 0 Å². The van der Waals surface area contributed by atoms with Crippen LogP contribution < -0.4 is 5.32 Å². The highest BCUT2D eigenvalue weighted by Gasteiger charge is 2.17. The Labute approximate surface area is 123 Å². The van der Waals surface area contributed by atoms with E-state index in [1.165, 1.54) is 0 Å². The third kappa shape index (κ3) is 3.59. The summed E-state index contributed by atoms with van der Waals surface area (Å²) in [6.07, 6.45) is 1.69. The molecule has 2 rings (SSSR count). The van der Waals surface area contributed by atoms with Gasteiger partial charge in [0.15, 0.2) is 0 Å². The summed E-state index contributed by atoms with van der Waals surface area (Å²) in [5.74, 6) is 4.70. The minimum absolute atomic E-state index is 0.344. The fourth-order valence-electron chi connectivity index (χ4n) is 1.84. The van der Waals surface area contributed by atoms with E-state index in [-0.39, 0.29) is 11.9 Å². The number of aromatic nitrogens is 1. The summed E-state index contributed by atoms with van der Waals surface area (Å²) in [6, 6.07) is 12.5. The van der Waals surface area contributed by atoms with Gasteiger partial charge in [-0.25, -0.2) is 0 Å². The molecule has 1 aromatic heterocycles. The first kappa shape index (κ1) is 14.1. The van der Waals surface area contributed by atoms with Crippen molar-refractivity contribution in [1.82, 2.24) is 10.3 Å². The molecule has 0 saturated carbocycles. The van der Waals surface area contributed by atoms with Crippen molar-refractivity contribution in [1.29, 1.82) is 0 Å². The van der Waals surface area contributed by atoms with E-state index < -0.39 is 0 Å². The van der Waals surface area contributed by atoms with Crippen LogP contribution in [0.15, 0.2) is 48.7 Å². The standard InChI is InChI=1S/C16H13ClN2O/c1-2-6-15(20)19-16(14-9-3-4-10-18-14)12-7-5-8-13(17)11-12/h3-5,7-11,16H,1H3,(H,19,20). The van der Waals surface area contributed by atoms with Crippen molar-refractivity contribution >= 4 is 17.5 Å². The van der Waals surface area contributed by atoms with Crippen LogP contribution in [0.25, 0.3) is 0 Å². The summed E-state index contributed by atoms with van der Waals surface area (Å²) in [5, 5.41) is 3.45. The number of hydrogen-bond acceptors (Lipinski definition) is 2. The molecule has 100 valence electrons. The van der Waals surface area contributed by atoms with Crippen LogP contribution in [0.1, 0.15) is 24.2 Å². The molecule has 0 radical (unpaired) electrons. The number of nitrogens with one attached hydrogen (secondary N) is 1. The summed E-state index contributed by atoms with van der Waals surface area (Å²) in [7, 11) is 0. The third-order valence-electron chi connectivity index (χ3n) is 2.68. The Hall–Kier alpha value is -2.31. The van der Waals surface area contributed by atoms with Gasteiger partial charge in [0.1, 0.15) is 0 Å². The maximum Gasteiger partial charge on any atom is 0.296 e. The van der Waals surface area contributed by atoms with Gasteiger partial charge in [0.05, 0.1) is 11.7 Å². The minimum Gasteiger partial charge on any atom is -0.333 e. The Morgan fingerprint density at radius 1 is 1.30 bits per heavy atom. The molecule has 1 amide bonds. The lowest BCUT2D eigenvalue weighted by Crippen LogP contribution is -2.28. The van der Waals surface area contributed by atoms with E-state index in [1.54, 1.807) is 25.3 Å². The average Bonchev–Trinajstić information content (AvgIpc) is 2.46. The molecule has 3 nitrogen and oxygen atoms in total. The normalized spacial score (nSPS) is 11.1. The topological polar surface area (TPSA) is 42.0 Å². The molecule has 0 saturated heterocycles. The van der Waals surface area contributed by atoms with Crippen LogP contribution >= 0.6 is 11.6 Å². The van der Waals surface area contributed by atoms with Crippen molar-refractivity contribution in [3.63, 3.8) is 0 Å². The Morgan fingerprint density at radius 3 is 2.80 bits per heavy atom. The second-order valence-corrected chi connectivity index (χ2v) is 4.53. The zero-order valence-corrected chi connectivity index (χ0v) is 11.7. The summed E-state index contributed by atoms with van der Waals surface area (Å²) in [5.41, 5.74) is 1.60. The van der Waals surface area contributed by atoms with Crippen molar-refractivity contribution < 1.29 is 4.79 Å². The van der Waals surface area contributed by atoms with Crippen molar-refractivity contribution in [2.75, 3.05) is 0 Å². The number of rotatable bonds is 3. The van der Waals surface area contributed by atoms with Gasteiger partial charge >= 0.3 is 0 Å². The summed E-state index contributed by atoms with van der Waals surface area (Å²) >= 11 is 6.01. The highest BCUT2D eigenvalue weighted by atomic mass is 35.5. The number of carbonyl (C=O) groups excluding carboxylic acids is 1. The van der Waals surface area contributed by atoms with E-state index in [9.17, 15) is 4.79 Å². The highest BCUT2D eigenvalue weighted by Crippen LogP contribution is 2.22. The fraction of sp³-hybridized carbons (Fsp3) is 0.125. The molecule has 1 atom stereocenters. The number of halogens is 1. The van der Waals surface area contributed by atoms with Gasteiger partial charge in [-0.3, -0.25) is 9.78 Å². The number of nitrogens with zero attached hydrogens (tertiary/aromatic N) is 1. The van der Waals surface area contributed by atoms with Crippen LogP contribution in [0.2, 0.25) is 5.02 Å². The molecule has 1 aromatic carbocycles. The molecular weight excluding hydrogens is 272 g/mol. The Kier molecular flexibility index (Phi) is 4.75. The molecule has 0 spiro atoms. The number of hydrogen-bond donors (Lipinski definition) is 1. The zero-order chi connectivity index (χ0) is 14.4. The molecule has 2 aromatic rings. The van der Waals surface area contributed by atoms with Gasteiger partial charge in [-0.2, -0.15) is 0 Å². The molecule has 1 unspecified atom stereocenters. The molecule has 20 heavy (non-hydrogen) atoms. The fourth-order valence-corrected chi connectivity index (χ4v) is 2.04. The van der Waals surface area contributed by atoms with E-state index in [4.69, 9.17) is 11.6 Å². The first-order valence-electron chi connectivity index (χ1n) is 6.10. The first-order chi connectivity index (χ1) is 9.70. The third-order valence-corrected chi connectivity index (χ3v) is 2.91. The molecule has 0 bridgehead atoms. The Morgan fingerprint density at radius 2 is 2.15 bits per heavy atom. The monoisotopic (exact) mass is 284 g/mol. The number of benzene rings is 1. The first-order valence-corrected chi connectivity index (χ1v) is 6.48. The van der Waals surface area contributed by atoms with Crippen LogP contribution in [-0.4, -0.2) is 10.9 Å². The van der Waals surface area contributed by atoms with Gasteiger partial charge in [0.25, 0.3) is 5.91 Å². The molecule has 0 aliphatic rings. The number of amides is 1. The minimum atomic E-state index is -0.372. The predicted octanol–water partition coefficient (Wildman–Crippen LogP) is 2.96. The van der Waals surface area contributed by atoms with Crippen LogP contribution in [0.3, 0.4) is 0 Å². The number of carbonyl (C=O) groups is 1. The van der Waals surface area contributed by atoms with Crippen molar-refractivity contribution in [3.05, 3.63) is 64.9 Å². The smallest absolute Gasteiger partial charge is 0.296 e. The van der Waals surface area contributed by atoms with Gasteiger partial charge in [0.2, 0.25) is 0 Å².